The van der Waals surface area contributed by atoms with E-state index in [1.54, 1.807) is 21.3 Å². The van der Waals surface area contributed by atoms with Crippen molar-refractivity contribution in [3.05, 3.63) is 23.8 Å². The van der Waals surface area contributed by atoms with Gasteiger partial charge >= 0.3 is 0 Å². The fraction of sp³-hybridized carbons (Fsp3) is 0.625. The summed E-state index contributed by atoms with van der Waals surface area (Å²) in [6.45, 7) is 4.71. The van der Waals surface area contributed by atoms with Crippen molar-refractivity contribution >= 4 is 0 Å². The van der Waals surface area contributed by atoms with E-state index in [4.69, 9.17) is 14.2 Å². The number of rotatable bonds is 11. The highest BCUT2D eigenvalue weighted by Crippen LogP contribution is 2.27. The zero-order chi connectivity index (χ0) is 15.5. The average Bonchev–Trinajstić information content (AvgIpc) is 2.53. The van der Waals surface area contributed by atoms with Crippen LogP contribution in [0.15, 0.2) is 18.2 Å². The summed E-state index contributed by atoms with van der Waals surface area (Å²) in [5, 5.41) is 3.19. The molecule has 0 spiro atoms. The molecule has 0 atom stereocenters. The minimum absolute atomic E-state index is 0.760. The summed E-state index contributed by atoms with van der Waals surface area (Å²) in [6, 6.07) is 6.10. The minimum atomic E-state index is 0.760. The van der Waals surface area contributed by atoms with Crippen molar-refractivity contribution in [3.63, 3.8) is 0 Å². The van der Waals surface area contributed by atoms with Crippen LogP contribution in [0.25, 0.3) is 0 Å². The highest BCUT2D eigenvalue weighted by molar-refractivity contribution is 5.42. The van der Waals surface area contributed by atoms with Gasteiger partial charge in [0.25, 0.3) is 0 Å². The van der Waals surface area contributed by atoms with Crippen LogP contribution in [0, 0.1) is 0 Å². The Hall–Kier alpha value is -1.30. The van der Waals surface area contributed by atoms with Crippen LogP contribution in [-0.2, 0) is 11.2 Å². The second-order valence-corrected chi connectivity index (χ2v) is 4.88. The predicted molar refractivity (Wildman–Crippen MR) is 85.5 cm³/mol. The Kier molecular flexibility index (Phi) is 8.82. The van der Waals surface area contributed by atoms with Crippen molar-refractivity contribution in [1.29, 1.82) is 0 Å². The first-order valence-corrected chi connectivity index (χ1v) is 7.32. The highest BCUT2D eigenvalue weighted by atomic mass is 16.5. The van der Waals surface area contributed by atoms with Crippen molar-refractivity contribution in [1.82, 2.24) is 10.2 Å². The average molecular weight is 296 g/mol. The maximum Gasteiger partial charge on any atom is 0.160 e. The molecule has 5 heteroatoms. The zero-order valence-electron chi connectivity index (χ0n) is 13.6. The maximum atomic E-state index is 5.34. The SMILES string of the molecule is CNCCN(CCOC)CCc1ccc(OC)c(OC)c1. The molecule has 1 N–H and O–H groups in total. The standard InChI is InChI=1S/C16H28N2O3/c1-17-8-10-18(11-12-19-2)9-7-14-5-6-15(20-3)16(13-14)21-4/h5-6,13,17H,7-12H2,1-4H3. The predicted octanol–water partition coefficient (Wildman–Crippen LogP) is 1.41. The quantitative estimate of drug-likeness (QED) is 0.669. The number of hydrogen-bond acceptors (Lipinski definition) is 5. The van der Waals surface area contributed by atoms with Crippen LogP contribution < -0.4 is 14.8 Å². The van der Waals surface area contributed by atoms with Crippen LogP contribution in [0.4, 0.5) is 0 Å². The van der Waals surface area contributed by atoms with Gasteiger partial charge in [0.2, 0.25) is 0 Å². The van der Waals surface area contributed by atoms with E-state index in [0.29, 0.717) is 0 Å². The largest absolute Gasteiger partial charge is 0.493 e. The molecule has 0 aliphatic heterocycles. The Morgan fingerprint density at radius 3 is 2.38 bits per heavy atom. The third-order valence-corrected chi connectivity index (χ3v) is 3.45. The van der Waals surface area contributed by atoms with E-state index in [1.807, 2.05) is 19.2 Å². The molecule has 0 amide bonds. The molecule has 0 saturated heterocycles. The van der Waals surface area contributed by atoms with E-state index in [9.17, 15) is 0 Å². The lowest BCUT2D eigenvalue weighted by Gasteiger charge is -2.22. The highest BCUT2D eigenvalue weighted by Gasteiger charge is 2.07. The van der Waals surface area contributed by atoms with E-state index in [1.165, 1.54) is 5.56 Å². The van der Waals surface area contributed by atoms with Gasteiger partial charge in [-0.2, -0.15) is 0 Å². The lowest BCUT2D eigenvalue weighted by atomic mass is 10.1. The van der Waals surface area contributed by atoms with Crippen LogP contribution in [-0.4, -0.2) is 66.1 Å². The second kappa shape index (κ2) is 10.4. The number of ether oxygens (including phenoxy) is 3. The van der Waals surface area contributed by atoms with Gasteiger partial charge in [-0.3, -0.25) is 4.90 Å². The molecule has 21 heavy (non-hydrogen) atoms. The van der Waals surface area contributed by atoms with Crippen LogP contribution >= 0.6 is 0 Å². The Bertz CT molecular complexity index is 391. The second-order valence-electron chi connectivity index (χ2n) is 4.88. The van der Waals surface area contributed by atoms with Gasteiger partial charge in [0.05, 0.1) is 20.8 Å². The zero-order valence-corrected chi connectivity index (χ0v) is 13.6. The Morgan fingerprint density at radius 2 is 1.76 bits per heavy atom. The molecule has 0 bridgehead atoms. The lowest BCUT2D eigenvalue weighted by molar-refractivity contribution is 0.149. The Labute approximate surface area is 128 Å². The number of benzene rings is 1. The molecule has 0 radical (unpaired) electrons. The summed E-state index contributed by atoms with van der Waals surface area (Å²) < 4.78 is 15.8. The summed E-state index contributed by atoms with van der Waals surface area (Å²) in [6.07, 6.45) is 0.980. The first-order valence-electron chi connectivity index (χ1n) is 7.32. The van der Waals surface area contributed by atoms with Gasteiger partial charge in [-0.05, 0) is 31.2 Å². The molecular formula is C16H28N2O3. The summed E-state index contributed by atoms with van der Waals surface area (Å²) in [5.74, 6) is 1.56. The molecule has 1 aromatic carbocycles. The molecule has 0 aliphatic carbocycles. The van der Waals surface area contributed by atoms with Gasteiger partial charge < -0.3 is 19.5 Å². The number of likely N-dealkylation sites (N-methyl/N-ethyl adjacent to an activating group) is 1. The van der Waals surface area contributed by atoms with E-state index >= 15 is 0 Å². The lowest BCUT2D eigenvalue weighted by Crippen LogP contribution is -2.35. The van der Waals surface area contributed by atoms with Crippen molar-refractivity contribution in [2.24, 2.45) is 0 Å². The monoisotopic (exact) mass is 296 g/mol. The van der Waals surface area contributed by atoms with Crippen LogP contribution in [0.1, 0.15) is 5.56 Å². The number of hydrogen-bond donors (Lipinski definition) is 1. The Balaban J connectivity index is 2.57. The summed E-state index contributed by atoms with van der Waals surface area (Å²) in [7, 11) is 7.04. The van der Waals surface area contributed by atoms with Gasteiger partial charge in [0, 0.05) is 33.3 Å². The number of nitrogens with zero attached hydrogens (tertiary/aromatic N) is 1. The molecule has 5 nitrogen and oxygen atoms in total. The summed E-state index contributed by atoms with van der Waals surface area (Å²) >= 11 is 0. The molecule has 1 rings (SSSR count). The minimum Gasteiger partial charge on any atom is -0.493 e. The van der Waals surface area contributed by atoms with Gasteiger partial charge in [-0.15, -0.1) is 0 Å². The molecule has 1 aromatic rings. The van der Waals surface area contributed by atoms with Gasteiger partial charge in [-0.1, -0.05) is 6.07 Å². The molecule has 0 saturated carbocycles. The van der Waals surface area contributed by atoms with E-state index in [2.05, 4.69) is 16.3 Å². The van der Waals surface area contributed by atoms with Crippen molar-refractivity contribution in [2.45, 2.75) is 6.42 Å². The van der Waals surface area contributed by atoms with Crippen LogP contribution in [0.3, 0.4) is 0 Å². The third-order valence-electron chi connectivity index (χ3n) is 3.45. The molecule has 0 fully saturated rings. The van der Waals surface area contributed by atoms with Crippen LogP contribution in [0.5, 0.6) is 11.5 Å². The molecule has 0 aliphatic rings. The first kappa shape index (κ1) is 17.8. The fourth-order valence-corrected chi connectivity index (χ4v) is 2.15. The van der Waals surface area contributed by atoms with Crippen molar-refractivity contribution < 1.29 is 14.2 Å². The van der Waals surface area contributed by atoms with Gasteiger partial charge in [0.1, 0.15) is 0 Å². The maximum absolute atomic E-state index is 5.34. The summed E-state index contributed by atoms with van der Waals surface area (Å²) in [4.78, 5) is 2.40. The fourth-order valence-electron chi connectivity index (χ4n) is 2.15. The van der Waals surface area contributed by atoms with Crippen molar-refractivity contribution in [3.8, 4) is 11.5 Å². The normalized spacial score (nSPS) is 10.9. The Morgan fingerprint density at radius 1 is 1.00 bits per heavy atom. The molecule has 0 heterocycles. The van der Waals surface area contributed by atoms with Gasteiger partial charge in [-0.25, -0.2) is 0 Å². The first-order chi connectivity index (χ1) is 10.2. The van der Waals surface area contributed by atoms with Crippen LogP contribution in [0.2, 0.25) is 0 Å². The van der Waals surface area contributed by atoms with E-state index in [-0.39, 0.29) is 0 Å². The molecular weight excluding hydrogens is 268 g/mol. The van der Waals surface area contributed by atoms with Gasteiger partial charge in [0.15, 0.2) is 11.5 Å². The number of nitrogens with one attached hydrogen (secondary N) is 1. The summed E-state index contributed by atoms with van der Waals surface area (Å²) in [5.41, 5.74) is 1.25. The number of methoxy groups -OCH3 is 3. The van der Waals surface area contributed by atoms with E-state index < -0.39 is 0 Å². The third kappa shape index (κ3) is 6.33. The topological polar surface area (TPSA) is 43.0 Å². The molecule has 0 aromatic heterocycles. The molecule has 120 valence electrons. The molecule has 0 unspecified atom stereocenters. The van der Waals surface area contributed by atoms with Crippen molar-refractivity contribution in [2.75, 3.05) is 61.2 Å². The van der Waals surface area contributed by atoms with E-state index in [0.717, 1.165) is 50.7 Å². The smallest absolute Gasteiger partial charge is 0.160 e.